The minimum absolute atomic E-state index is 0.0331. The van der Waals surface area contributed by atoms with Crippen molar-refractivity contribution in [3.8, 4) is 0 Å². The number of carbonyl (C=O) groups excluding carboxylic acids is 2. The van der Waals surface area contributed by atoms with Gasteiger partial charge < -0.3 is 49.3 Å². The molecule has 0 amide bonds. The maximum Gasteiger partial charge on any atom is 0.472 e. The lowest BCUT2D eigenvalue weighted by Gasteiger charge is -2.44. The van der Waals surface area contributed by atoms with Crippen LogP contribution in [0.1, 0.15) is 168 Å². The van der Waals surface area contributed by atoms with Crippen molar-refractivity contribution in [3.05, 3.63) is 60.8 Å². The van der Waals surface area contributed by atoms with Gasteiger partial charge in [0.1, 0.15) is 43.2 Å². The highest BCUT2D eigenvalue weighted by Crippen LogP contribution is 2.51. The second kappa shape index (κ2) is 38.5. The van der Waals surface area contributed by atoms with Crippen molar-refractivity contribution >= 4 is 35.4 Å². The minimum Gasteiger partial charge on any atom is -0.462 e. The van der Waals surface area contributed by atoms with Gasteiger partial charge in [0, 0.05) is 12.8 Å². The van der Waals surface area contributed by atoms with Crippen molar-refractivity contribution in [2.24, 2.45) is 0 Å². The zero-order chi connectivity index (χ0) is 51.4. The molecule has 8 N–H and O–H groups in total. The fourth-order valence-electron chi connectivity index (χ4n) is 7.16. The van der Waals surface area contributed by atoms with Crippen LogP contribution in [0.25, 0.3) is 0 Å². The van der Waals surface area contributed by atoms with Gasteiger partial charge in [0.2, 0.25) is 0 Å². The van der Waals surface area contributed by atoms with Gasteiger partial charge in [-0.3, -0.25) is 27.7 Å². The standard InChI is InChI=1S/C47H83O19P3/c1-3-5-7-9-11-13-15-17-19-20-22-24-26-28-30-32-34-36-41(49)63-39(37-61-40(48)35-33-31-29-27-25-23-21-18-16-14-12-10-8-6-4-2)38-62-69(59,60)66-45-42(50)43(51)46(64-67(53,54)55)47(44(45)52)65-68(56,57)58/h5,7,11,13-14,16-17,19,22,24,39,42-47,50-52H,3-4,6,8-10,12,15,18,20-21,23,25-38H2,1-2H3,(H,59,60)(H2,53,54,55)(H2,56,57,58)/t39-,42?,43?,44?,45+,46?,47+/m1/s1. The van der Waals surface area contributed by atoms with Crippen molar-refractivity contribution < 1.29 is 90.6 Å². The van der Waals surface area contributed by atoms with Gasteiger partial charge in [-0.15, -0.1) is 0 Å². The Morgan fingerprint density at radius 3 is 1.38 bits per heavy atom. The Labute approximate surface area is 409 Å². The second-order valence-electron chi connectivity index (χ2n) is 17.0. The van der Waals surface area contributed by atoms with Gasteiger partial charge in [0.25, 0.3) is 0 Å². The predicted octanol–water partition coefficient (Wildman–Crippen LogP) is 9.18. The fourth-order valence-corrected chi connectivity index (χ4v) is 9.25. The molecule has 0 saturated heterocycles. The van der Waals surface area contributed by atoms with Gasteiger partial charge in [-0.05, 0) is 77.0 Å². The van der Waals surface area contributed by atoms with Crippen molar-refractivity contribution in [3.63, 3.8) is 0 Å². The third kappa shape index (κ3) is 34.8. The van der Waals surface area contributed by atoms with E-state index >= 15 is 0 Å². The van der Waals surface area contributed by atoms with Crippen LogP contribution >= 0.6 is 23.5 Å². The molecule has 5 unspecified atom stereocenters. The van der Waals surface area contributed by atoms with E-state index in [0.29, 0.717) is 19.3 Å². The molecule has 0 spiro atoms. The summed E-state index contributed by atoms with van der Waals surface area (Å²) in [5.74, 6) is -1.33. The summed E-state index contributed by atoms with van der Waals surface area (Å²) in [6, 6.07) is 0. The molecule has 19 nitrogen and oxygen atoms in total. The smallest absolute Gasteiger partial charge is 0.462 e. The van der Waals surface area contributed by atoms with Crippen LogP contribution in [0.5, 0.6) is 0 Å². The van der Waals surface area contributed by atoms with E-state index in [-0.39, 0.29) is 12.8 Å². The number of hydrogen-bond donors (Lipinski definition) is 8. The van der Waals surface area contributed by atoms with Crippen LogP contribution in [0.4, 0.5) is 0 Å². The van der Waals surface area contributed by atoms with Crippen LogP contribution in [0.15, 0.2) is 60.8 Å². The van der Waals surface area contributed by atoms with Crippen LogP contribution in [0, 0.1) is 0 Å². The summed E-state index contributed by atoms with van der Waals surface area (Å²) < 4.78 is 65.5. The zero-order valence-corrected chi connectivity index (χ0v) is 43.3. The van der Waals surface area contributed by atoms with E-state index in [4.69, 9.17) is 18.5 Å². The van der Waals surface area contributed by atoms with E-state index < -0.39 is 91.3 Å². The van der Waals surface area contributed by atoms with Gasteiger partial charge in [0.05, 0.1) is 6.61 Å². The molecule has 0 aromatic rings. The van der Waals surface area contributed by atoms with E-state index in [0.717, 1.165) is 96.3 Å². The van der Waals surface area contributed by atoms with Gasteiger partial charge in [-0.25, -0.2) is 13.7 Å². The lowest BCUT2D eigenvalue weighted by Crippen LogP contribution is -2.65. The zero-order valence-electron chi connectivity index (χ0n) is 40.6. The second-order valence-corrected chi connectivity index (χ2v) is 20.8. The Morgan fingerprint density at radius 2 is 0.884 bits per heavy atom. The first-order chi connectivity index (χ1) is 32.8. The summed E-state index contributed by atoms with van der Waals surface area (Å²) in [6.07, 6.45) is 26.6. The molecule has 1 fully saturated rings. The number of hydrogen-bond acceptors (Lipinski definition) is 14. The van der Waals surface area contributed by atoms with E-state index in [1.165, 1.54) is 25.7 Å². The summed E-state index contributed by atoms with van der Waals surface area (Å²) in [5.41, 5.74) is 0. The number of aliphatic hydroxyl groups is 3. The molecule has 400 valence electrons. The molecule has 0 aromatic carbocycles. The predicted molar refractivity (Wildman–Crippen MR) is 261 cm³/mol. The largest absolute Gasteiger partial charge is 0.472 e. The highest BCUT2D eigenvalue weighted by atomic mass is 31.2. The summed E-state index contributed by atoms with van der Waals surface area (Å²) >= 11 is 0. The normalized spacial score (nSPS) is 21.8. The van der Waals surface area contributed by atoms with Crippen LogP contribution in [0.2, 0.25) is 0 Å². The molecular weight excluding hydrogens is 961 g/mol. The number of aliphatic hydroxyl groups excluding tert-OH is 3. The summed E-state index contributed by atoms with van der Waals surface area (Å²) in [5, 5.41) is 31.9. The molecule has 0 heterocycles. The van der Waals surface area contributed by atoms with E-state index in [9.17, 15) is 63.1 Å². The SMILES string of the molecule is CCC=CCC=CCC=CCC=CCCCCCCC(=O)O[C@H](COC(=O)CCCCCCCCCC=CCCCCCC)COP(=O)(O)O[C@H]1C(O)C(O)C(OP(=O)(O)O)[C@@H](OP(=O)(O)O)C1O. The first kappa shape index (κ1) is 64.9. The van der Waals surface area contributed by atoms with Crippen molar-refractivity contribution in [1.82, 2.24) is 0 Å². The third-order valence-electron chi connectivity index (χ3n) is 10.8. The van der Waals surface area contributed by atoms with Crippen molar-refractivity contribution in [2.75, 3.05) is 13.2 Å². The highest BCUT2D eigenvalue weighted by Gasteiger charge is 2.56. The molecule has 0 aromatic heterocycles. The molecule has 1 aliphatic carbocycles. The summed E-state index contributed by atoms with van der Waals surface area (Å²) in [4.78, 5) is 73.3. The molecule has 1 rings (SSSR count). The van der Waals surface area contributed by atoms with Gasteiger partial charge >= 0.3 is 35.4 Å². The number of esters is 2. The van der Waals surface area contributed by atoms with Crippen molar-refractivity contribution in [2.45, 2.75) is 211 Å². The minimum atomic E-state index is -5.61. The lowest BCUT2D eigenvalue weighted by atomic mass is 9.85. The Kier molecular flexibility index (Phi) is 36.2. The average molecular weight is 1050 g/mol. The molecular formula is C47H83O19P3. The molecule has 69 heavy (non-hydrogen) atoms. The number of ether oxygens (including phenoxy) is 2. The number of phosphoric acid groups is 3. The maximum absolute atomic E-state index is 13.1. The van der Waals surface area contributed by atoms with Crippen LogP contribution in [-0.2, 0) is 50.9 Å². The molecule has 0 radical (unpaired) electrons. The fraction of sp³-hybridized carbons (Fsp3) is 0.745. The molecule has 0 aliphatic heterocycles. The summed E-state index contributed by atoms with van der Waals surface area (Å²) in [7, 11) is -16.6. The molecule has 22 heteroatoms. The number of allylic oxidation sites excluding steroid dienone is 10. The van der Waals surface area contributed by atoms with E-state index in [1.54, 1.807) is 0 Å². The highest BCUT2D eigenvalue weighted by molar-refractivity contribution is 7.47. The molecule has 8 atom stereocenters. The number of unbranched alkanes of at least 4 members (excludes halogenated alkanes) is 15. The Hall–Kier alpha value is -2.15. The van der Waals surface area contributed by atoms with Gasteiger partial charge in [-0.2, -0.15) is 0 Å². The van der Waals surface area contributed by atoms with Crippen LogP contribution in [-0.4, -0.2) is 108 Å². The Balaban J connectivity index is 2.74. The van der Waals surface area contributed by atoms with E-state index in [2.05, 4.69) is 83.7 Å². The lowest BCUT2D eigenvalue weighted by molar-refractivity contribution is -0.213. The van der Waals surface area contributed by atoms with Crippen LogP contribution < -0.4 is 0 Å². The number of rotatable bonds is 41. The quantitative estimate of drug-likeness (QED) is 0.0122. The summed E-state index contributed by atoms with van der Waals surface area (Å²) in [6.45, 7) is 2.80. The van der Waals surface area contributed by atoms with Crippen LogP contribution in [0.3, 0.4) is 0 Å². The molecule has 0 bridgehead atoms. The topological polar surface area (TPSA) is 303 Å². The monoisotopic (exact) mass is 1040 g/mol. The Morgan fingerprint density at radius 1 is 0.478 bits per heavy atom. The molecule has 1 saturated carbocycles. The average Bonchev–Trinajstić information content (AvgIpc) is 3.28. The first-order valence-electron chi connectivity index (χ1n) is 24.6. The number of carbonyl (C=O) groups is 2. The van der Waals surface area contributed by atoms with E-state index in [1.807, 2.05) is 0 Å². The number of phosphoric ester groups is 3. The van der Waals surface area contributed by atoms with Crippen molar-refractivity contribution in [1.29, 1.82) is 0 Å². The van der Waals surface area contributed by atoms with Gasteiger partial charge in [-0.1, -0.05) is 139 Å². The Bertz CT molecular complexity index is 1670. The van der Waals surface area contributed by atoms with Gasteiger partial charge in [0.15, 0.2) is 6.10 Å². The third-order valence-corrected chi connectivity index (χ3v) is 12.8. The first-order valence-corrected chi connectivity index (χ1v) is 29.1. The maximum atomic E-state index is 13.1. The molecule has 1 aliphatic rings.